The Labute approximate surface area is 171 Å². The summed E-state index contributed by atoms with van der Waals surface area (Å²) in [5.74, 6) is 0.208. The maximum absolute atomic E-state index is 12.9. The van der Waals surface area contributed by atoms with Gasteiger partial charge in [0.25, 0.3) is 0 Å². The van der Waals surface area contributed by atoms with Crippen LogP contribution >= 0.6 is 11.3 Å². The summed E-state index contributed by atoms with van der Waals surface area (Å²) >= 11 is 1.60. The lowest BCUT2D eigenvalue weighted by Gasteiger charge is -2.15. The molecule has 2 aromatic rings. The lowest BCUT2D eigenvalue weighted by Crippen LogP contribution is -2.43. The molecule has 0 aliphatic heterocycles. The van der Waals surface area contributed by atoms with E-state index in [0.29, 0.717) is 24.5 Å². The fraction of sp³-hybridized carbons (Fsp3) is 0.421. The van der Waals surface area contributed by atoms with E-state index in [9.17, 15) is 18.0 Å². The molecule has 0 radical (unpaired) electrons. The molecule has 0 aliphatic rings. The summed E-state index contributed by atoms with van der Waals surface area (Å²) in [7, 11) is 3.28. The molecule has 0 spiro atoms. The Balaban J connectivity index is 2.03. The quantitative estimate of drug-likeness (QED) is 0.527. The summed E-state index contributed by atoms with van der Waals surface area (Å²) in [5.41, 5.74) is -0.287. The number of halogens is 3. The predicted octanol–water partition coefficient (Wildman–Crippen LogP) is 2.84. The first-order chi connectivity index (χ1) is 13.6. The van der Waals surface area contributed by atoms with E-state index in [4.69, 9.17) is 0 Å². The van der Waals surface area contributed by atoms with E-state index in [2.05, 4.69) is 20.6 Å². The van der Waals surface area contributed by atoms with Crippen molar-refractivity contribution in [1.82, 2.24) is 20.5 Å². The smallest absolute Gasteiger partial charge is 0.356 e. The van der Waals surface area contributed by atoms with Crippen LogP contribution in [0, 0.1) is 6.92 Å². The van der Waals surface area contributed by atoms with Crippen molar-refractivity contribution in [2.45, 2.75) is 26.1 Å². The second-order valence-corrected chi connectivity index (χ2v) is 7.87. The van der Waals surface area contributed by atoms with Crippen molar-refractivity contribution >= 4 is 23.2 Å². The van der Waals surface area contributed by atoms with Crippen LogP contribution in [0.15, 0.2) is 35.5 Å². The van der Waals surface area contributed by atoms with Crippen molar-refractivity contribution in [3.63, 3.8) is 0 Å². The van der Waals surface area contributed by atoms with E-state index in [0.717, 1.165) is 22.0 Å². The largest absolute Gasteiger partial charge is 0.416 e. The van der Waals surface area contributed by atoms with Gasteiger partial charge in [0.1, 0.15) is 0 Å². The number of guanidine groups is 1. The Morgan fingerprint density at radius 2 is 2.03 bits per heavy atom. The van der Waals surface area contributed by atoms with Gasteiger partial charge in [0, 0.05) is 38.1 Å². The van der Waals surface area contributed by atoms with Crippen LogP contribution in [0.1, 0.15) is 21.0 Å². The Hall–Kier alpha value is -2.62. The van der Waals surface area contributed by atoms with Crippen molar-refractivity contribution in [2.24, 2.45) is 4.99 Å². The lowest BCUT2D eigenvalue weighted by molar-refractivity contribution is -0.137. The Bertz CT molecular complexity index is 848. The minimum atomic E-state index is -4.40. The fourth-order valence-corrected chi connectivity index (χ4v) is 3.10. The molecule has 29 heavy (non-hydrogen) atoms. The molecule has 0 bridgehead atoms. The van der Waals surface area contributed by atoms with Crippen molar-refractivity contribution in [1.29, 1.82) is 0 Å². The third-order valence-electron chi connectivity index (χ3n) is 3.88. The minimum absolute atomic E-state index is 0.0256. The van der Waals surface area contributed by atoms with Gasteiger partial charge < -0.3 is 15.5 Å². The Morgan fingerprint density at radius 1 is 1.28 bits per heavy atom. The Kier molecular flexibility index (Phi) is 8.00. The molecule has 10 heteroatoms. The number of rotatable bonds is 7. The van der Waals surface area contributed by atoms with Crippen LogP contribution in [0.25, 0.3) is 0 Å². The number of amides is 1. The number of hydrogen-bond acceptors (Lipinski definition) is 4. The highest BCUT2D eigenvalue weighted by atomic mass is 32.1. The first-order valence-corrected chi connectivity index (χ1v) is 9.76. The maximum atomic E-state index is 12.9. The van der Waals surface area contributed by atoms with E-state index in [1.54, 1.807) is 37.7 Å². The normalized spacial score (nSPS) is 12.0. The Morgan fingerprint density at radius 3 is 2.66 bits per heavy atom. The molecule has 6 nitrogen and oxygen atoms in total. The van der Waals surface area contributed by atoms with Crippen LogP contribution in [0.3, 0.4) is 0 Å². The van der Waals surface area contributed by atoms with Crippen molar-refractivity contribution in [3.8, 4) is 0 Å². The average Bonchev–Trinajstić information content (AvgIpc) is 3.07. The minimum Gasteiger partial charge on any atom is -0.356 e. The first-order valence-electron chi connectivity index (χ1n) is 8.95. The number of carbonyl (C=O) groups is 1. The number of likely N-dealkylation sites (N-methyl/N-ethyl adjacent to an activating group) is 1. The molecule has 0 saturated carbocycles. The molecule has 0 saturated heterocycles. The van der Waals surface area contributed by atoms with Crippen molar-refractivity contribution in [2.75, 3.05) is 27.2 Å². The molecule has 1 aromatic heterocycles. The van der Waals surface area contributed by atoms with Gasteiger partial charge in [-0.3, -0.25) is 4.79 Å². The highest BCUT2D eigenvalue weighted by Gasteiger charge is 2.30. The van der Waals surface area contributed by atoms with Crippen LogP contribution in [0.4, 0.5) is 13.2 Å². The third kappa shape index (κ3) is 7.72. The second-order valence-electron chi connectivity index (χ2n) is 6.55. The number of carbonyl (C=O) groups excluding carboxylic acids is 1. The standard InChI is InChI=1S/C19H24F3N5OS/c1-13-10-24-16(29-13)7-8-23-18(26-12-17(28)27(2)3)25-11-14-5-4-6-15(9-14)19(20,21)22/h4-6,9-10H,7-8,11-12H2,1-3H3,(H2,23,25,26). The number of benzene rings is 1. The van der Waals surface area contributed by atoms with Gasteiger partial charge in [-0.25, -0.2) is 9.98 Å². The zero-order valence-corrected chi connectivity index (χ0v) is 17.3. The van der Waals surface area contributed by atoms with Gasteiger partial charge in [-0.05, 0) is 24.6 Å². The molecule has 2 rings (SSSR count). The van der Waals surface area contributed by atoms with E-state index >= 15 is 0 Å². The van der Waals surface area contributed by atoms with Gasteiger partial charge in [0.05, 0.1) is 23.7 Å². The molecule has 0 aliphatic carbocycles. The predicted molar refractivity (Wildman–Crippen MR) is 108 cm³/mol. The summed E-state index contributed by atoms with van der Waals surface area (Å²) < 4.78 is 38.6. The van der Waals surface area contributed by atoms with Crippen LogP contribution < -0.4 is 10.6 Å². The van der Waals surface area contributed by atoms with Crippen LogP contribution in [0.5, 0.6) is 0 Å². The first kappa shape index (κ1) is 22.7. The SMILES string of the molecule is Cc1cnc(CCNC(=NCc2cccc(C(F)(F)F)c2)NCC(=O)N(C)C)s1. The van der Waals surface area contributed by atoms with Crippen LogP contribution in [-0.2, 0) is 23.9 Å². The molecule has 0 unspecified atom stereocenters. The van der Waals surface area contributed by atoms with E-state index in [1.807, 2.05) is 6.92 Å². The molecular formula is C19H24F3N5OS. The van der Waals surface area contributed by atoms with Crippen molar-refractivity contribution < 1.29 is 18.0 Å². The number of aryl methyl sites for hydroxylation is 1. The molecule has 2 N–H and O–H groups in total. The molecule has 158 valence electrons. The van der Waals surface area contributed by atoms with Crippen molar-refractivity contribution in [3.05, 3.63) is 51.5 Å². The topological polar surface area (TPSA) is 69.6 Å². The maximum Gasteiger partial charge on any atom is 0.416 e. The number of nitrogens with zero attached hydrogens (tertiary/aromatic N) is 3. The molecule has 1 amide bonds. The monoisotopic (exact) mass is 427 g/mol. The molecular weight excluding hydrogens is 403 g/mol. The number of aromatic nitrogens is 1. The van der Waals surface area contributed by atoms with E-state index in [-0.39, 0.29) is 19.0 Å². The molecule has 1 aromatic carbocycles. The number of hydrogen-bond donors (Lipinski definition) is 2. The van der Waals surface area contributed by atoms with E-state index < -0.39 is 11.7 Å². The average molecular weight is 427 g/mol. The number of aliphatic imine (C=N–C) groups is 1. The highest BCUT2D eigenvalue weighted by Crippen LogP contribution is 2.29. The van der Waals surface area contributed by atoms with Gasteiger partial charge in [-0.1, -0.05) is 12.1 Å². The van der Waals surface area contributed by atoms with Gasteiger partial charge in [-0.15, -0.1) is 11.3 Å². The summed E-state index contributed by atoms with van der Waals surface area (Å²) in [6.07, 6.45) is -1.93. The summed E-state index contributed by atoms with van der Waals surface area (Å²) in [6, 6.07) is 5.04. The number of alkyl halides is 3. The zero-order valence-electron chi connectivity index (χ0n) is 16.5. The fourth-order valence-electron chi connectivity index (χ4n) is 2.31. The summed E-state index contributed by atoms with van der Waals surface area (Å²) in [6.45, 7) is 2.58. The zero-order chi connectivity index (χ0) is 21.4. The van der Waals surface area contributed by atoms with Gasteiger partial charge in [0.2, 0.25) is 5.91 Å². The number of thiazole rings is 1. The van der Waals surface area contributed by atoms with Crippen LogP contribution in [-0.4, -0.2) is 48.9 Å². The second kappa shape index (κ2) is 10.2. The van der Waals surface area contributed by atoms with Crippen LogP contribution in [0.2, 0.25) is 0 Å². The molecule has 0 atom stereocenters. The van der Waals surface area contributed by atoms with Gasteiger partial charge in [0.15, 0.2) is 5.96 Å². The number of nitrogens with one attached hydrogen (secondary N) is 2. The molecule has 1 heterocycles. The van der Waals surface area contributed by atoms with Gasteiger partial charge in [-0.2, -0.15) is 13.2 Å². The van der Waals surface area contributed by atoms with Gasteiger partial charge >= 0.3 is 6.18 Å². The molecule has 0 fully saturated rings. The third-order valence-corrected chi connectivity index (χ3v) is 4.85. The highest BCUT2D eigenvalue weighted by molar-refractivity contribution is 7.11. The van der Waals surface area contributed by atoms with E-state index in [1.165, 1.54) is 11.0 Å². The summed E-state index contributed by atoms with van der Waals surface area (Å²) in [5, 5.41) is 6.98. The lowest BCUT2D eigenvalue weighted by atomic mass is 10.1. The summed E-state index contributed by atoms with van der Waals surface area (Å²) in [4.78, 5) is 23.0.